The molecule has 0 spiro atoms. The van der Waals surface area contributed by atoms with Crippen molar-refractivity contribution >= 4 is 10.0 Å². The Morgan fingerprint density at radius 1 is 1.41 bits per heavy atom. The van der Waals surface area contributed by atoms with Crippen LogP contribution in [0.2, 0.25) is 0 Å². The molecule has 1 aromatic heterocycles. The van der Waals surface area contributed by atoms with E-state index >= 15 is 0 Å². The summed E-state index contributed by atoms with van der Waals surface area (Å²) >= 11 is 0. The number of hydrogen-bond donors (Lipinski definition) is 2. The molecule has 2 heterocycles. The number of aromatic nitrogens is 1. The van der Waals surface area contributed by atoms with Crippen LogP contribution in [-0.2, 0) is 10.0 Å². The number of H-pyrrole nitrogens is 1. The molecule has 2 rings (SSSR count). The third-order valence-electron chi connectivity index (χ3n) is 3.23. The van der Waals surface area contributed by atoms with E-state index in [-0.39, 0.29) is 0 Å². The third kappa shape index (κ3) is 2.70. The zero-order valence-electron chi connectivity index (χ0n) is 9.89. The predicted octanol–water partition coefficient (Wildman–Crippen LogP) is 0.940. The Morgan fingerprint density at radius 3 is 2.82 bits per heavy atom. The SMILES string of the molecule is CC1(O)CCCN(S(=O)(=O)c2cc[nH]c2)CC1. The van der Waals surface area contributed by atoms with Gasteiger partial charge in [0.05, 0.1) is 10.5 Å². The zero-order chi connectivity index (χ0) is 12.5. The van der Waals surface area contributed by atoms with E-state index in [4.69, 9.17) is 0 Å². The smallest absolute Gasteiger partial charge is 0.244 e. The second-order valence-electron chi connectivity index (χ2n) is 4.80. The summed E-state index contributed by atoms with van der Waals surface area (Å²) in [5.41, 5.74) is -0.748. The summed E-state index contributed by atoms with van der Waals surface area (Å²) in [6.07, 6.45) is 4.90. The van der Waals surface area contributed by atoms with Crippen LogP contribution in [0.4, 0.5) is 0 Å². The summed E-state index contributed by atoms with van der Waals surface area (Å²) in [5, 5.41) is 9.94. The lowest BCUT2D eigenvalue weighted by molar-refractivity contribution is 0.0465. The molecule has 1 atom stereocenters. The van der Waals surface area contributed by atoms with Crippen molar-refractivity contribution in [3.05, 3.63) is 18.5 Å². The Balaban J connectivity index is 2.18. The molecule has 5 nitrogen and oxygen atoms in total. The van der Waals surface area contributed by atoms with E-state index < -0.39 is 15.6 Å². The van der Waals surface area contributed by atoms with Gasteiger partial charge in [0.25, 0.3) is 0 Å². The first-order chi connectivity index (χ1) is 7.92. The highest BCUT2D eigenvalue weighted by Gasteiger charge is 2.31. The number of hydrogen-bond acceptors (Lipinski definition) is 3. The zero-order valence-corrected chi connectivity index (χ0v) is 10.7. The summed E-state index contributed by atoms with van der Waals surface area (Å²) < 4.78 is 25.9. The fourth-order valence-corrected chi connectivity index (χ4v) is 3.55. The Bertz CT molecular complexity index is 465. The number of nitrogens with zero attached hydrogens (tertiary/aromatic N) is 1. The average Bonchev–Trinajstić information content (AvgIpc) is 2.70. The van der Waals surface area contributed by atoms with E-state index in [0.717, 1.165) is 0 Å². The molecule has 0 aromatic carbocycles. The van der Waals surface area contributed by atoms with E-state index in [1.54, 1.807) is 19.2 Å². The van der Waals surface area contributed by atoms with Gasteiger partial charge in [0.15, 0.2) is 0 Å². The van der Waals surface area contributed by atoms with Crippen molar-refractivity contribution in [2.75, 3.05) is 13.1 Å². The van der Waals surface area contributed by atoms with Crippen LogP contribution in [0.1, 0.15) is 26.2 Å². The van der Waals surface area contributed by atoms with Gasteiger partial charge in [-0.25, -0.2) is 8.42 Å². The highest BCUT2D eigenvalue weighted by atomic mass is 32.2. The van der Waals surface area contributed by atoms with Gasteiger partial charge >= 0.3 is 0 Å². The van der Waals surface area contributed by atoms with Crippen LogP contribution in [0.3, 0.4) is 0 Å². The van der Waals surface area contributed by atoms with Crippen LogP contribution < -0.4 is 0 Å². The van der Waals surface area contributed by atoms with Gasteiger partial charge in [0.1, 0.15) is 0 Å². The molecule has 1 aliphatic rings. The van der Waals surface area contributed by atoms with E-state index in [1.165, 1.54) is 10.5 Å². The van der Waals surface area contributed by atoms with Crippen molar-refractivity contribution in [1.82, 2.24) is 9.29 Å². The molecule has 0 saturated carbocycles. The van der Waals surface area contributed by atoms with Crippen molar-refractivity contribution in [2.45, 2.75) is 36.7 Å². The quantitative estimate of drug-likeness (QED) is 0.829. The minimum absolute atomic E-state index is 0.291. The summed E-state index contributed by atoms with van der Waals surface area (Å²) in [7, 11) is -3.40. The maximum atomic E-state index is 12.2. The Labute approximate surface area is 102 Å². The van der Waals surface area contributed by atoms with Crippen molar-refractivity contribution < 1.29 is 13.5 Å². The molecule has 1 fully saturated rings. The number of aliphatic hydroxyl groups is 1. The standard InChI is InChI=1S/C11H18N2O3S/c1-11(14)4-2-7-13(8-5-11)17(15,16)10-3-6-12-9-10/h3,6,9,12,14H,2,4-5,7-8H2,1H3. The molecule has 6 heteroatoms. The van der Waals surface area contributed by atoms with Gasteiger partial charge in [-0.3, -0.25) is 0 Å². The number of nitrogens with one attached hydrogen (secondary N) is 1. The predicted molar refractivity (Wildman–Crippen MR) is 64.0 cm³/mol. The highest BCUT2D eigenvalue weighted by molar-refractivity contribution is 7.89. The van der Waals surface area contributed by atoms with Crippen molar-refractivity contribution in [3.8, 4) is 0 Å². The lowest BCUT2D eigenvalue weighted by Crippen LogP contribution is -2.33. The first-order valence-corrected chi connectivity index (χ1v) is 7.21. The fraction of sp³-hybridized carbons (Fsp3) is 0.636. The molecule has 0 radical (unpaired) electrons. The first-order valence-electron chi connectivity index (χ1n) is 5.77. The van der Waals surface area contributed by atoms with Crippen LogP contribution in [0.5, 0.6) is 0 Å². The largest absolute Gasteiger partial charge is 0.390 e. The molecule has 2 N–H and O–H groups in total. The van der Waals surface area contributed by atoms with Crippen molar-refractivity contribution in [1.29, 1.82) is 0 Å². The molecule has 1 unspecified atom stereocenters. The minimum Gasteiger partial charge on any atom is -0.390 e. The fourth-order valence-electron chi connectivity index (χ4n) is 2.10. The van der Waals surface area contributed by atoms with Crippen LogP contribution in [-0.4, -0.2) is 41.5 Å². The first kappa shape index (κ1) is 12.6. The van der Waals surface area contributed by atoms with Gasteiger partial charge in [-0.1, -0.05) is 0 Å². The molecule has 1 aliphatic heterocycles. The number of sulfonamides is 1. The Kier molecular flexibility index (Phi) is 3.29. The molecular weight excluding hydrogens is 240 g/mol. The van der Waals surface area contributed by atoms with Crippen LogP contribution >= 0.6 is 0 Å². The van der Waals surface area contributed by atoms with Gasteiger partial charge in [-0.2, -0.15) is 4.31 Å². The topological polar surface area (TPSA) is 73.4 Å². The van der Waals surface area contributed by atoms with Gasteiger partial charge < -0.3 is 10.1 Å². The third-order valence-corrected chi connectivity index (χ3v) is 5.12. The van der Waals surface area contributed by atoms with Crippen molar-refractivity contribution in [2.24, 2.45) is 0 Å². The van der Waals surface area contributed by atoms with Crippen molar-refractivity contribution in [3.63, 3.8) is 0 Å². The molecule has 0 bridgehead atoms. The lowest BCUT2D eigenvalue weighted by Gasteiger charge is -2.21. The molecule has 0 aliphatic carbocycles. The van der Waals surface area contributed by atoms with Crippen LogP contribution in [0, 0.1) is 0 Å². The minimum atomic E-state index is -3.40. The normalized spacial score (nSPS) is 27.9. The summed E-state index contributed by atoms with van der Waals surface area (Å²) in [5.74, 6) is 0. The van der Waals surface area contributed by atoms with Gasteiger partial charge in [0, 0.05) is 25.5 Å². The molecule has 96 valence electrons. The summed E-state index contributed by atoms with van der Waals surface area (Å²) in [6, 6.07) is 1.55. The molecule has 1 aromatic rings. The van der Waals surface area contributed by atoms with Crippen LogP contribution in [0.15, 0.2) is 23.4 Å². The molecule has 0 amide bonds. The van der Waals surface area contributed by atoms with E-state index in [0.29, 0.717) is 37.2 Å². The van der Waals surface area contributed by atoms with E-state index in [9.17, 15) is 13.5 Å². The number of aromatic amines is 1. The molecule has 17 heavy (non-hydrogen) atoms. The maximum absolute atomic E-state index is 12.2. The molecular formula is C11H18N2O3S. The average molecular weight is 258 g/mol. The highest BCUT2D eigenvalue weighted by Crippen LogP contribution is 2.25. The lowest BCUT2D eigenvalue weighted by atomic mass is 9.98. The summed E-state index contributed by atoms with van der Waals surface area (Å²) in [6.45, 7) is 2.61. The Morgan fingerprint density at radius 2 is 2.18 bits per heavy atom. The van der Waals surface area contributed by atoms with Gasteiger partial charge in [-0.05, 0) is 32.3 Å². The van der Waals surface area contributed by atoms with Crippen LogP contribution in [0.25, 0.3) is 0 Å². The van der Waals surface area contributed by atoms with Gasteiger partial charge in [-0.15, -0.1) is 0 Å². The maximum Gasteiger partial charge on any atom is 0.244 e. The Hall–Kier alpha value is -0.850. The summed E-state index contributed by atoms with van der Waals surface area (Å²) in [4.78, 5) is 3.04. The second kappa shape index (κ2) is 4.44. The monoisotopic (exact) mass is 258 g/mol. The molecule has 1 saturated heterocycles. The van der Waals surface area contributed by atoms with E-state index in [1.807, 2.05) is 0 Å². The van der Waals surface area contributed by atoms with E-state index in [2.05, 4.69) is 4.98 Å². The number of rotatable bonds is 2. The second-order valence-corrected chi connectivity index (χ2v) is 6.74. The van der Waals surface area contributed by atoms with Gasteiger partial charge in [0.2, 0.25) is 10.0 Å².